The maximum atomic E-state index is 11.0. The Kier molecular flexibility index (Phi) is 5.18. The van der Waals surface area contributed by atoms with Crippen LogP contribution in [0.25, 0.3) is 0 Å². The zero-order valence-corrected chi connectivity index (χ0v) is 11.6. The summed E-state index contributed by atoms with van der Waals surface area (Å²) >= 11 is 0. The fourth-order valence-corrected chi connectivity index (χ4v) is 1.98. The highest BCUT2D eigenvalue weighted by Gasteiger charge is 1.99. The fraction of sp³-hybridized carbons (Fsp3) is 0.235. The third-order valence-electron chi connectivity index (χ3n) is 2.88. The van der Waals surface area contributed by atoms with E-state index in [-0.39, 0.29) is 5.91 Å². The topological polar surface area (TPSA) is 38.3 Å². The molecule has 0 saturated heterocycles. The second-order valence-corrected chi connectivity index (χ2v) is 4.65. The Hall–Kier alpha value is -2.29. The van der Waals surface area contributed by atoms with E-state index < -0.39 is 0 Å². The number of carbonyl (C=O) groups excluding carboxylic acids is 1. The average Bonchev–Trinajstić information content (AvgIpc) is 2.44. The quantitative estimate of drug-likeness (QED) is 0.813. The SMILES string of the molecule is CC(=O)Nc1cccc(OCCCc2ccccc2)c1. The lowest BCUT2D eigenvalue weighted by molar-refractivity contribution is -0.114. The molecular weight excluding hydrogens is 250 g/mol. The molecule has 0 saturated carbocycles. The molecule has 0 heterocycles. The predicted molar refractivity (Wildman–Crippen MR) is 81.0 cm³/mol. The van der Waals surface area contributed by atoms with Crippen LogP contribution in [0.4, 0.5) is 5.69 Å². The van der Waals surface area contributed by atoms with Gasteiger partial charge in [0.25, 0.3) is 0 Å². The van der Waals surface area contributed by atoms with E-state index in [1.165, 1.54) is 12.5 Å². The molecule has 3 heteroatoms. The Morgan fingerprint density at radius 2 is 1.90 bits per heavy atom. The third-order valence-corrected chi connectivity index (χ3v) is 2.88. The van der Waals surface area contributed by atoms with Crippen LogP contribution in [0.3, 0.4) is 0 Å². The molecule has 20 heavy (non-hydrogen) atoms. The van der Waals surface area contributed by atoms with E-state index in [0.29, 0.717) is 6.61 Å². The number of aryl methyl sites for hydroxylation is 1. The molecule has 2 rings (SSSR count). The first-order valence-electron chi connectivity index (χ1n) is 6.78. The van der Waals surface area contributed by atoms with E-state index in [4.69, 9.17) is 4.74 Å². The van der Waals surface area contributed by atoms with Gasteiger partial charge in [-0.3, -0.25) is 4.79 Å². The summed E-state index contributed by atoms with van der Waals surface area (Å²) in [5.74, 6) is 0.704. The Labute approximate surface area is 119 Å². The van der Waals surface area contributed by atoms with Crippen molar-refractivity contribution in [1.82, 2.24) is 0 Å². The van der Waals surface area contributed by atoms with Gasteiger partial charge in [0.2, 0.25) is 5.91 Å². The van der Waals surface area contributed by atoms with Crippen molar-refractivity contribution in [3.05, 3.63) is 60.2 Å². The van der Waals surface area contributed by atoms with E-state index in [0.717, 1.165) is 24.3 Å². The van der Waals surface area contributed by atoms with Gasteiger partial charge in [0.1, 0.15) is 5.75 Å². The zero-order valence-electron chi connectivity index (χ0n) is 11.6. The molecule has 0 bridgehead atoms. The molecule has 1 N–H and O–H groups in total. The number of carbonyl (C=O) groups is 1. The van der Waals surface area contributed by atoms with Crippen molar-refractivity contribution in [2.24, 2.45) is 0 Å². The Morgan fingerprint density at radius 3 is 2.65 bits per heavy atom. The van der Waals surface area contributed by atoms with Gasteiger partial charge in [-0.15, -0.1) is 0 Å². The van der Waals surface area contributed by atoms with E-state index in [9.17, 15) is 4.79 Å². The van der Waals surface area contributed by atoms with Gasteiger partial charge < -0.3 is 10.1 Å². The normalized spacial score (nSPS) is 10.1. The maximum Gasteiger partial charge on any atom is 0.221 e. The van der Waals surface area contributed by atoms with E-state index in [2.05, 4.69) is 17.4 Å². The number of benzene rings is 2. The van der Waals surface area contributed by atoms with Crippen LogP contribution in [0.2, 0.25) is 0 Å². The summed E-state index contributed by atoms with van der Waals surface area (Å²) in [5.41, 5.74) is 2.08. The summed E-state index contributed by atoms with van der Waals surface area (Å²) in [5, 5.41) is 2.74. The van der Waals surface area contributed by atoms with Crippen LogP contribution in [0, 0.1) is 0 Å². The van der Waals surface area contributed by atoms with Crippen molar-refractivity contribution in [2.75, 3.05) is 11.9 Å². The van der Waals surface area contributed by atoms with Gasteiger partial charge in [-0.2, -0.15) is 0 Å². The summed E-state index contributed by atoms with van der Waals surface area (Å²) in [7, 11) is 0. The first-order chi connectivity index (χ1) is 9.74. The van der Waals surface area contributed by atoms with Crippen molar-refractivity contribution >= 4 is 11.6 Å². The van der Waals surface area contributed by atoms with Gasteiger partial charge in [0.05, 0.1) is 6.61 Å². The molecule has 0 fully saturated rings. The first-order valence-corrected chi connectivity index (χ1v) is 6.78. The van der Waals surface area contributed by atoms with Gasteiger partial charge in [0.15, 0.2) is 0 Å². The van der Waals surface area contributed by atoms with Gasteiger partial charge in [-0.05, 0) is 30.5 Å². The molecule has 0 spiro atoms. The van der Waals surface area contributed by atoms with Crippen LogP contribution >= 0.6 is 0 Å². The molecule has 0 unspecified atom stereocenters. The monoisotopic (exact) mass is 269 g/mol. The molecule has 0 aliphatic heterocycles. The number of amides is 1. The fourth-order valence-electron chi connectivity index (χ4n) is 1.98. The number of nitrogens with one attached hydrogen (secondary N) is 1. The second-order valence-electron chi connectivity index (χ2n) is 4.65. The summed E-state index contributed by atoms with van der Waals surface area (Å²) < 4.78 is 5.70. The van der Waals surface area contributed by atoms with Crippen molar-refractivity contribution in [2.45, 2.75) is 19.8 Å². The molecule has 0 aliphatic carbocycles. The standard InChI is InChI=1S/C17H19NO2/c1-14(19)18-16-10-5-11-17(13-16)20-12-6-9-15-7-3-2-4-8-15/h2-5,7-8,10-11,13H,6,9,12H2,1H3,(H,18,19). The summed E-state index contributed by atoms with van der Waals surface area (Å²) in [6, 6.07) is 17.8. The van der Waals surface area contributed by atoms with Crippen molar-refractivity contribution in [3.63, 3.8) is 0 Å². The second kappa shape index (κ2) is 7.34. The summed E-state index contributed by atoms with van der Waals surface area (Å²) in [4.78, 5) is 11.0. The van der Waals surface area contributed by atoms with Crippen LogP contribution < -0.4 is 10.1 Å². The Bertz CT molecular complexity index is 552. The van der Waals surface area contributed by atoms with Gasteiger partial charge in [-0.1, -0.05) is 36.4 Å². The average molecular weight is 269 g/mol. The maximum absolute atomic E-state index is 11.0. The lowest BCUT2D eigenvalue weighted by Gasteiger charge is -2.08. The van der Waals surface area contributed by atoms with Gasteiger partial charge >= 0.3 is 0 Å². The minimum absolute atomic E-state index is 0.0776. The van der Waals surface area contributed by atoms with E-state index in [1.54, 1.807) is 0 Å². The van der Waals surface area contributed by atoms with Crippen LogP contribution in [0.5, 0.6) is 5.75 Å². The van der Waals surface area contributed by atoms with Crippen LogP contribution in [-0.2, 0) is 11.2 Å². The minimum Gasteiger partial charge on any atom is -0.494 e. The lowest BCUT2D eigenvalue weighted by Crippen LogP contribution is -2.06. The van der Waals surface area contributed by atoms with Gasteiger partial charge in [0, 0.05) is 18.7 Å². The van der Waals surface area contributed by atoms with Crippen molar-refractivity contribution in [3.8, 4) is 5.75 Å². The smallest absolute Gasteiger partial charge is 0.221 e. The molecule has 2 aromatic carbocycles. The molecule has 0 atom stereocenters. The zero-order chi connectivity index (χ0) is 14.2. The molecular formula is C17H19NO2. The molecule has 0 aromatic heterocycles. The van der Waals surface area contributed by atoms with E-state index >= 15 is 0 Å². The van der Waals surface area contributed by atoms with Crippen molar-refractivity contribution in [1.29, 1.82) is 0 Å². The highest BCUT2D eigenvalue weighted by Crippen LogP contribution is 2.17. The molecule has 3 nitrogen and oxygen atoms in total. The molecule has 1 amide bonds. The van der Waals surface area contributed by atoms with E-state index in [1.807, 2.05) is 42.5 Å². The van der Waals surface area contributed by atoms with Gasteiger partial charge in [-0.25, -0.2) is 0 Å². The summed E-state index contributed by atoms with van der Waals surface area (Å²) in [6.07, 6.45) is 1.97. The minimum atomic E-state index is -0.0776. The Balaban J connectivity index is 1.78. The highest BCUT2D eigenvalue weighted by atomic mass is 16.5. The summed E-state index contributed by atoms with van der Waals surface area (Å²) in [6.45, 7) is 2.16. The van der Waals surface area contributed by atoms with Crippen LogP contribution in [-0.4, -0.2) is 12.5 Å². The largest absolute Gasteiger partial charge is 0.494 e. The molecule has 0 aliphatic rings. The third kappa shape index (κ3) is 4.76. The highest BCUT2D eigenvalue weighted by molar-refractivity contribution is 5.88. The number of anilines is 1. The van der Waals surface area contributed by atoms with Crippen molar-refractivity contribution < 1.29 is 9.53 Å². The molecule has 0 radical (unpaired) electrons. The number of hydrogen-bond donors (Lipinski definition) is 1. The molecule has 104 valence electrons. The van der Waals surface area contributed by atoms with Crippen LogP contribution in [0.1, 0.15) is 18.9 Å². The lowest BCUT2D eigenvalue weighted by atomic mass is 10.1. The Morgan fingerprint density at radius 1 is 1.10 bits per heavy atom. The van der Waals surface area contributed by atoms with Crippen LogP contribution in [0.15, 0.2) is 54.6 Å². The molecule has 2 aromatic rings. The number of hydrogen-bond acceptors (Lipinski definition) is 2. The number of rotatable bonds is 6. The predicted octanol–water partition coefficient (Wildman–Crippen LogP) is 3.66. The number of ether oxygens (including phenoxy) is 1. The first kappa shape index (κ1) is 14.1.